The Kier molecular flexibility index (Phi) is 7.59. The summed E-state index contributed by atoms with van der Waals surface area (Å²) in [5, 5.41) is 8.23. The Bertz CT molecular complexity index is 1450. The van der Waals surface area contributed by atoms with E-state index in [2.05, 4.69) is 10.2 Å². The number of amides is 1. The number of rotatable bonds is 7. The van der Waals surface area contributed by atoms with Crippen molar-refractivity contribution in [1.82, 2.24) is 0 Å². The number of halogens is 2. The van der Waals surface area contributed by atoms with E-state index >= 15 is 0 Å². The molecule has 0 heterocycles. The molecule has 0 aromatic heterocycles. The summed E-state index contributed by atoms with van der Waals surface area (Å²) in [5.74, 6) is -0.923. The van der Waals surface area contributed by atoms with E-state index in [9.17, 15) is 18.0 Å². The summed E-state index contributed by atoms with van der Waals surface area (Å²) in [6, 6.07) is 12.6. The summed E-state index contributed by atoms with van der Waals surface area (Å²) in [5.41, 5.74) is 1.31. The minimum Gasteiger partial charge on any atom is -0.483 e. The normalized spacial score (nSPS) is 10.9. The number of nitrogens with two attached hydrogens (primary N) is 1. The largest absolute Gasteiger partial charge is 0.483 e. The Hall–Kier alpha value is -3.42. The Morgan fingerprint density at radius 2 is 1.79 bits per heavy atom. The van der Waals surface area contributed by atoms with Gasteiger partial charge in [0, 0.05) is 21.3 Å². The number of sulfonamides is 1. The fourth-order valence-corrected chi connectivity index (χ4v) is 4.01. The molecule has 0 unspecified atom stereocenters. The molecule has 0 saturated heterocycles. The Morgan fingerprint density at radius 3 is 2.44 bits per heavy atom. The zero-order valence-corrected chi connectivity index (χ0v) is 20.0. The van der Waals surface area contributed by atoms with Gasteiger partial charge in [0.25, 0.3) is 5.91 Å². The van der Waals surface area contributed by atoms with Crippen molar-refractivity contribution in [1.29, 1.82) is 0 Å². The molecular formula is C23H17Cl2N3O5S. The van der Waals surface area contributed by atoms with Crippen LogP contribution in [0.4, 0.5) is 11.4 Å². The van der Waals surface area contributed by atoms with Crippen molar-refractivity contribution in [2.45, 2.75) is 11.8 Å². The highest BCUT2D eigenvalue weighted by Gasteiger charge is 2.18. The van der Waals surface area contributed by atoms with Gasteiger partial charge in [-0.05, 0) is 67.1 Å². The highest BCUT2D eigenvalue weighted by atomic mass is 35.5. The number of aryl methyl sites for hydroxylation is 1. The maximum Gasteiger partial charge on any atom is 0.262 e. The SMILES string of the molecule is [C-]#[N+]c1cc(Cl)cc(C(=O)c2cc(Cl)ccc2OCC(=O)Nc2ccc(S(N)(=O)=O)cc2C)c1. The molecule has 0 radical (unpaired) electrons. The second-order valence-electron chi connectivity index (χ2n) is 7.14. The number of nitrogens with one attached hydrogen (secondary N) is 1. The van der Waals surface area contributed by atoms with Crippen LogP contribution in [0, 0.1) is 13.5 Å². The predicted molar refractivity (Wildman–Crippen MR) is 129 cm³/mol. The quantitative estimate of drug-likeness (QED) is 0.346. The molecule has 34 heavy (non-hydrogen) atoms. The van der Waals surface area contributed by atoms with E-state index in [0.717, 1.165) is 0 Å². The molecule has 0 saturated carbocycles. The second-order valence-corrected chi connectivity index (χ2v) is 9.57. The van der Waals surface area contributed by atoms with Crippen molar-refractivity contribution < 1.29 is 22.7 Å². The molecule has 0 spiro atoms. The van der Waals surface area contributed by atoms with Crippen LogP contribution >= 0.6 is 23.2 Å². The monoisotopic (exact) mass is 517 g/mol. The van der Waals surface area contributed by atoms with Crippen LogP contribution in [0.25, 0.3) is 4.85 Å². The van der Waals surface area contributed by atoms with E-state index in [0.29, 0.717) is 11.3 Å². The van der Waals surface area contributed by atoms with Crippen LogP contribution in [0.1, 0.15) is 21.5 Å². The first-order valence-electron chi connectivity index (χ1n) is 9.56. The fraction of sp³-hybridized carbons (Fsp3) is 0.0870. The lowest BCUT2D eigenvalue weighted by molar-refractivity contribution is -0.118. The van der Waals surface area contributed by atoms with Gasteiger partial charge in [0.05, 0.1) is 17.0 Å². The van der Waals surface area contributed by atoms with Crippen molar-refractivity contribution in [2.24, 2.45) is 5.14 Å². The first-order valence-corrected chi connectivity index (χ1v) is 11.9. The van der Waals surface area contributed by atoms with Gasteiger partial charge in [-0.2, -0.15) is 0 Å². The number of carbonyl (C=O) groups is 2. The minimum absolute atomic E-state index is 0.0778. The molecule has 174 valence electrons. The van der Waals surface area contributed by atoms with Crippen molar-refractivity contribution in [3.63, 3.8) is 0 Å². The van der Waals surface area contributed by atoms with Crippen LogP contribution in [0.5, 0.6) is 5.75 Å². The van der Waals surface area contributed by atoms with Crippen LogP contribution in [-0.2, 0) is 14.8 Å². The summed E-state index contributed by atoms with van der Waals surface area (Å²) in [7, 11) is -3.87. The molecule has 3 rings (SSSR count). The van der Waals surface area contributed by atoms with Gasteiger partial charge >= 0.3 is 0 Å². The number of carbonyl (C=O) groups excluding carboxylic acids is 2. The number of ether oxygens (including phenoxy) is 1. The first-order chi connectivity index (χ1) is 16.0. The molecule has 0 fully saturated rings. The molecule has 3 aromatic rings. The van der Waals surface area contributed by atoms with Crippen LogP contribution in [0.2, 0.25) is 10.0 Å². The lowest BCUT2D eigenvalue weighted by Crippen LogP contribution is -2.21. The summed E-state index contributed by atoms with van der Waals surface area (Å²) >= 11 is 12.1. The summed E-state index contributed by atoms with van der Waals surface area (Å²) < 4.78 is 28.5. The van der Waals surface area contributed by atoms with Crippen molar-refractivity contribution in [3.05, 3.63) is 92.8 Å². The second kappa shape index (κ2) is 10.2. The third kappa shape index (κ3) is 6.12. The van der Waals surface area contributed by atoms with E-state index in [1.165, 1.54) is 54.6 Å². The summed E-state index contributed by atoms with van der Waals surface area (Å²) in [6.07, 6.45) is 0. The van der Waals surface area contributed by atoms with Crippen LogP contribution in [0.15, 0.2) is 59.5 Å². The van der Waals surface area contributed by atoms with Gasteiger partial charge in [-0.1, -0.05) is 23.2 Å². The average molecular weight is 518 g/mol. The van der Waals surface area contributed by atoms with Gasteiger partial charge < -0.3 is 10.1 Å². The predicted octanol–water partition coefficient (Wildman–Crippen LogP) is 4.75. The summed E-state index contributed by atoms with van der Waals surface area (Å²) in [4.78, 5) is 28.7. The van der Waals surface area contributed by atoms with Gasteiger partial charge in [0.2, 0.25) is 10.0 Å². The smallest absolute Gasteiger partial charge is 0.262 e. The van der Waals surface area contributed by atoms with E-state index in [-0.39, 0.29) is 37.5 Å². The molecule has 3 aromatic carbocycles. The number of hydrogen-bond acceptors (Lipinski definition) is 5. The Morgan fingerprint density at radius 1 is 1.06 bits per heavy atom. The number of benzene rings is 3. The van der Waals surface area contributed by atoms with Crippen LogP contribution in [0.3, 0.4) is 0 Å². The topological polar surface area (TPSA) is 120 Å². The average Bonchev–Trinajstić information content (AvgIpc) is 2.77. The Labute approximate surface area is 206 Å². The molecule has 3 N–H and O–H groups in total. The molecule has 0 atom stereocenters. The van der Waals surface area contributed by atoms with E-state index < -0.39 is 28.3 Å². The van der Waals surface area contributed by atoms with Gasteiger partial charge in [-0.15, -0.1) is 0 Å². The molecule has 0 bridgehead atoms. The molecular weight excluding hydrogens is 501 g/mol. The number of primary sulfonamides is 1. The van der Waals surface area contributed by atoms with Gasteiger partial charge in [-0.25, -0.2) is 18.4 Å². The van der Waals surface area contributed by atoms with Gasteiger partial charge in [0.15, 0.2) is 18.1 Å². The van der Waals surface area contributed by atoms with E-state index in [1.54, 1.807) is 6.92 Å². The standard InChI is InChI=1S/C23H17Cl2N3O5S/c1-13-7-18(34(26,31)32)4-5-20(13)28-22(29)12-33-21-6-3-15(24)11-19(21)23(30)14-8-16(25)10-17(9-14)27-2/h3-11H,12H2,1H3,(H,28,29)(H2,26,31,32). The summed E-state index contributed by atoms with van der Waals surface area (Å²) in [6.45, 7) is 8.32. The third-order valence-corrected chi connectivity index (χ3v) is 5.98. The van der Waals surface area contributed by atoms with Gasteiger partial charge in [0.1, 0.15) is 5.75 Å². The Balaban J connectivity index is 1.78. The lowest BCUT2D eigenvalue weighted by Gasteiger charge is -2.13. The van der Waals surface area contributed by atoms with Crippen molar-refractivity contribution in [3.8, 4) is 5.75 Å². The maximum atomic E-state index is 13.1. The molecule has 8 nitrogen and oxygen atoms in total. The first kappa shape index (κ1) is 25.2. The lowest BCUT2D eigenvalue weighted by atomic mass is 10.0. The highest BCUT2D eigenvalue weighted by molar-refractivity contribution is 7.89. The van der Waals surface area contributed by atoms with Crippen molar-refractivity contribution in [2.75, 3.05) is 11.9 Å². The molecule has 11 heteroatoms. The minimum atomic E-state index is -3.87. The van der Waals surface area contributed by atoms with E-state index in [1.807, 2.05) is 0 Å². The molecule has 0 aliphatic heterocycles. The zero-order chi connectivity index (χ0) is 25.0. The molecule has 0 aliphatic rings. The maximum absolute atomic E-state index is 13.1. The van der Waals surface area contributed by atoms with Crippen molar-refractivity contribution >= 4 is 56.3 Å². The van der Waals surface area contributed by atoms with Gasteiger partial charge in [-0.3, -0.25) is 9.59 Å². The van der Waals surface area contributed by atoms with E-state index in [4.69, 9.17) is 39.6 Å². The zero-order valence-electron chi connectivity index (χ0n) is 17.6. The number of anilines is 1. The number of ketones is 1. The highest BCUT2D eigenvalue weighted by Crippen LogP contribution is 2.29. The third-order valence-electron chi connectivity index (χ3n) is 4.62. The van der Waals surface area contributed by atoms with Crippen LogP contribution < -0.4 is 15.2 Å². The number of nitrogens with zero attached hydrogens (tertiary/aromatic N) is 1. The van der Waals surface area contributed by atoms with Crippen LogP contribution in [-0.4, -0.2) is 26.7 Å². The molecule has 0 aliphatic carbocycles. The number of hydrogen-bond donors (Lipinski definition) is 2. The fourth-order valence-electron chi connectivity index (χ4n) is 3.01. The molecule has 1 amide bonds.